The number of phenolic OH excluding ortho intramolecular Hbond substituents is 1. The molecule has 1 aliphatic carbocycles. The molecule has 0 atom stereocenters. The van der Waals surface area contributed by atoms with Crippen LogP contribution in [0.5, 0.6) is 5.75 Å². The van der Waals surface area contributed by atoms with Gasteiger partial charge in [0.15, 0.2) is 5.43 Å². The number of hydrogen-bond acceptors (Lipinski definition) is 4. The zero-order valence-corrected chi connectivity index (χ0v) is 10.1. The van der Waals surface area contributed by atoms with Crippen molar-refractivity contribution in [2.24, 2.45) is 0 Å². The second-order valence-corrected chi connectivity index (χ2v) is 4.49. The first-order chi connectivity index (χ1) is 9.13. The van der Waals surface area contributed by atoms with Gasteiger partial charge >= 0.3 is 0 Å². The fraction of sp³-hybridized carbons (Fsp3) is 0.133. The fourth-order valence-corrected chi connectivity index (χ4v) is 2.14. The van der Waals surface area contributed by atoms with Gasteiger partial charge < -0.3 is 14.6 Å². The van der Waals surface area contributed by atoms with Crippen LogP contribution < -0.4 is 5.43 Å². The highest BCUT2D eigenvalue weighted by Crippen LogP contribution is 2.26. The fourth-order valence-electron chi connectivity index (χ4n) is 2.14. The van der Waals surface area contributed by atoms with Gasteiger partial charge in [0, 0.05) is 24.1 Å². The van der Waals surface area contributed by atoms with Crippen LogP contribution in [0.2, 0.25) is 0 Å². The molecule has 3 rings (SSSR count). The van der Waals surface area contributed by atoms with Crippen molar-refractivity contribution >= 4 is 16.5 Å². The van der Waals surface area contributed by atoms with Crippen LogP contribution in [-0.4, -0.2) is 10.2 Å². The van der Waals surface area contributed by atoms with Crippen LogP contribution in [0.25, 0.3) is 16.5 Å². The molecule has 0 radical (unpaired) electrons. The number of rotatable bonds is 1. The lowest BCUT2D eigenvalue weighted by Crippen LogP contribution is -2.02. The molecule has 0 saturated heterocycles. The Kier molecular flexibility index (Phi) is 2.63. The molecule has 1 aromatic heterocycles. The van der Waals surface area contributed by atoms with E-state index in [4.69, 9.17) is 4.42 Å². The zero-order chi connectivity index (χ0) is 13.4. The lowest BCUT2D eigenvalue weighted by molar-refractivity contribution is 0.388. The van der Waals surface area contributed by atoms with Crippen molar-refractivity contribution in [3.63, 3.8) is 0 Å². The summed E-state index contributed by atoms with van der Waals surface area (Å²) in [5.41, 5.74) is 0.851. The van der Waals surface area contributed by atoms with Gasteiger partial charge in [-0.2, -0.15) is 0 Å². The van der Waals surface area contributed by atoms with Crippen molar-refractivity contribution in [2.75, 3.05) is 0 Å². The van der Waals surface area contributed by atoms with E-state index in [2.05, 4.69) is 0 Å². The Morgan fingerprint density at radius 1 is 1.16 bits per heavy atom. The summed E-state index contributed by atoms with van der Waals surface area (Å²) in [4.78, 5) is 12.0. The van der Waals surface area contributed by atoms with Crippen molar-refractivity contribution in [3.05, 3.63) is 58.2 Å². The van der Waals surface area contributed by atoms with E-state index >= 15 is 0 Å². The van der Waals surface area contributed by atoms with Crippen LogP contribution in [0.4, 0.5) is 0 Å². The second kappa shape index (κ2) is 4.31. The summed E-state index contributed by atoms with van der Waals surface area (Å²) < 4.78 is 5.63. The van der Waals surface area contributed by atoms with Gasteiger partial charge in [0.2, 0.25) is 0 Å². The average molecular weight is 256 g/mol. The molecule has 0 saturated carbocycles. The Labute approximate surface area is 108 Å². The van der Waals surface area contributed by atoms with E-state index < -0.39 is 0 Å². The number of allylic oxidation sites excluding steroid dienone is 4. The Balaban J connectivity index is 2.21. The molecule has 0 unspecified atom stereocenters. The van der Waals surface area contributed by atoms with Crippen molar-refractivity contribution in [2.45, 2.75) is 12.8 Å². The Morgan fingerprint density at radius 2 is 2.00 bits per heavy atom. The van der Waals surface area contributed by atoms with Crippen LogP contribution >= 0.6 is 0 Å². The monoisotopic (exact) mass is 256 g/mol. The first kappa shape index (κ1) is 11.6. The Hall–Kier alpha value is -2.49. The maximum absolute atomic E-state index is 12.0. The van der Waals surface area contributed by atoms with E-state index in [1.54, 1.807) is 6.08 Å². The highest BCUT2D eigenvalue weighted by Gasteiger charge is 2.11. The van der Waals surface area contributed by atoms with Crippen molar-refractivity contribution in [3.8, 4) is 5.75 Å². The molecular formula is C15H12O4. The molecule has 1 heterocycles. The third-order valence-electron chi connectivity index (χ3n) is 3.08. The summed E-state index contributed by atoms with van der Waals surface area (Å²) in [6, 6.07) is 5.79. The van der Waals surface area contributed by atoms with Gasteiger partial charge in [0.25, 0.3) is 0 Å². The molecule has 4 nitrogen and oxygen atoms in total. The van der Waals surface area contributed by atoms with Gasteiger partial charge in [-0.25, -0.2) is 0 Å². The van der Waals surface area contributed by atoms with E-state index in [1.165, 1.54) is 24.3 Å². The molecule has 1 aliphatic rings. The van der Waals surface area contributed by atoms with Gasteiger partial charge in [-0.05, 0) is 24.6 Å². The lowest BCUT2D eigenvalue weighted by atomic mass is 10.0. The van der Waals surface area contributed by atoms with Crippen molar-refractivity contribution in [1.29, 1.82) is 0 Å². The minimum Gasteiger partial charge on any atom is -0.512 e. The summed E-state index contributed by atoms with van der Waals surface area (Å²) in [6.07, 6.45) is 4.81. The lowest BCUT2D eigenvalue weighted by Gasteiger charge is -2.09. The Morgan fingerprint density at radius 3 is 2.79 bits per heavy atom. The minimum absolute atomic E-state index is 0.0452. The highest BCUT2D eigenvalue weighted by atomic mass is 16.3. The molecule has 0 fully saturated rings. The van der Waals surface area contributed by atoms with E-state index in [-0.39, 0.29) is 16.9 Å². The van der Waals surface area contributed by atoms with Crippen molar-refractivity contribution < 1.29 is 14.6 Å². The maximum Gasteiger partial charge on any atom is 0.193 e. The Bertz CT molecular complexity index is 765. The molecule has 0 amide bonds. The molecule has 4 heteroatoms. The van der Waals surface area contributed by atoms with Crippen LogP contribution in [0, 0.1) is 0 Å². The minimum atomic E-state index is -0.171. The van der Waals surface area contributed by atoms with Crippen LogP contribution in [0.15, 0.2) is 51.4 Å². The quantitative estimate of drug-likeness (QED) is 0.822. The first-order valence-electron chi connectivity index (χ1n) is 6.00. The van der Waals surface area contributed by atoms with E-state index in [1.807, 2.05) is 6.08 Å². The maximum atomic E-state index is 12.0. The number of fused-ring (bicyclic) bond motifs is 1. The van der Waals surface area contributed by atoms with Gasteiger partial charge in [-0.1, -0.05) is 6.08 Å². The first-order valence-corrected chi connectivity index (χ1v) is 6.00. The van der Waals surface area contributed by atoms with E-state index in [9.17, 15) is 15.0 Å². The number of hydrogen-bond donors (Lipinski definition) is 2. The smallest absolute Gasteiger partial charge is 0.193 e. The molecule has 0 spiro atoms. The largest absolute Gasteiger partial charge is 0.512 e. The van der Waals surface area contributed by atoms with Crippen LogP contribution in [-0.2, 0) is 0 Å². The summed E-state index contributed by atoms with van der Waals surface area (Å²) in [5.74, 6) is 0.717. The number of phenols is 1. The second-order valence-electron chi connectivity index (χ2n) is 4.49. The topological polar surface area (TPSA) is 70.7 Å². The SMILES string of the molecule is O=c1cc(C2=CCCC(O)=C2)oc2cc(O)ccc12. The summed E-state index contributed by atoms with van der Waals surface area (Å²) in [7, 11) is 0. The normalized spacial score (nSPS) is 15.2. The van der Waals surface area contributed by atoms with Gasteiger partial charge in [0.1, 0.15) is 17.1 Å². The number of aromatic hydroxyl groups is 1. The molecule has 19 heavy (non-hydrogen) atoms. The van der Waals surface area contributed by atoms with E-state index in [0.717, 1.165) is 0 Å². The number of benzene rings is 1. The van der Waals surface area contributed by atoms with Crippen molar-refractivity contribution in [1.82, 2.24) is 0 Å². The summed E-state index contributed by atoms with van der Waals surface area (Å²) in [5, 5.41) is 19.4. The molecule has 96 valence electrons. The molecule has 2 N–H and O–H groups in total. The van der Waals surface area contributed by atoms with E-state index in [0.29, 0.717) is 35.1 Å². The molecule has 1 aromatic carbocycles. The summed E-state index contributed by atoms with van der Waals surface area (Å²) in [6.45, 7) is 0. The predicted octanol–water partition coefficient (Wildman–Crippen LogP) is 3.12. The third-order valence-corrected chi connectivity index (χ3v) is 3.08. The molecule has 0 bridgehead atoms. The van der Waals surface area contributed by atoms with Gasteiger partial charge in [-0.15, -0.1) is 0 Å². The predicted molar refractivity (Wildman–Crippen MR) is 72.1 cm³/mol. The molecule has 0 aliphatic heterocycles. The standard InChI is InChI=1S/C15H12O4/c16-10-3-1-2-9(6-10)14-8-13(18)12-5-4-11(17)7-15(12)19-14/h2,4-8,16-17H,1,3H2. The average Bonchev–Trinajstić information content (AvgIpc) is 2.38. The van der Waals surface area contributed by atoms with Crippen LogP contribution in [0.3, 0.4) is 0 Å². The number of aliphatic hydroxyl groups is 1. The summed E-state index contributed by atoms with van der Waals surface area (Å²) >= 11 is 0. The van der Waals surface area contributed by atoms with Gasteiger partial charge in [0.05, 0.1) is 11.1 Å². The molecule has 2 aromatic rings. The molecular weight excluding hydrogens is 244 g/mol. The van der Waals surface area contributed by atoms with Crippen LogP contribution in [0.1, 0.15) is 18.6 Å². The third kappa shape index (κ3) is 2.12. The number of aliphatic hydroxyl groups excluding tert-OH is 1. The highest BCUT2D eigenvalue weighted by molar-refractivity contribution is 5.81. The van der Waals surface area contributed by atoms with Gasteiger partial charge in [-0.3, -0.25) is 4.79 Å². The zero-order valence-electron chi connectivity index (χ0n) is 10.1.